The average Bonchev–Trinajstić information content (AvgIpc) is 3.18. The maximum absolute atomic E-state index is 11.9. The maximum Gasteiger partial charge on any atom is 0.240 e. The van der Waals surface area contributed by atoms with Gasteiger partial charge in [-0.15, -0.1) is 0 Å². The molecule has 1 aromatic rings. The number of carbonyl (C=O) groups excluding carboxylic acids is 1. The molecule has 1 fully saturated rings. The van der Waals surface area contributed by atoms with Crippen LogP contribution in [0.1, 0.15) is 12.8 Å². The van der Waals surface area contributed by atoms with E-state index in [1.807, 2.05) is 0 Å². The third-order valence-corrected chi connectivity index (χ3v) is 4.11. The molecule has 1 aliphatic carbocycles. The fraction of sp³-hybridized carbons (Fsp3) is 0.462. The van der Waals surface area contributed by atoms with Crippen molar-refractivity contribution in [3.05, 3.63) is 24.3 Å². The molecule has 0 spiro atoms. The minimum atomic E-state index is -3.57. The Labute approximate surface area is 118 Å². The van der Waals surface area contributed by atoms with Crippen LogP contribution < -0.4 is 14.4 Å². The molecular weight excluding hydrogens is 280 g/mol. The number of sulfonamides is 1. The summed E-state index contributed by atoms with van der Waals surface area (Å²) in [5, 5.41) is 2.78. The van der Waals surface area contributed by atoms with E-state index in [-0.39, 0.29) is 18.5 Å². The Morgan fingerprint density at radius 2 is 2.05 bits per heavy atom. The molecule has 1 N–H and O–H groups in total. The Hall–Kier alpha value is -1.76. The first-order chi connectivity index (χ1) is 9.41. The second-order valence-corrected chi connectivity index (χ2v) is 6.69. The molecule has 6 nitrogen and oxygen atoms in total. The van der Waals surface area contributed by atoms with Gasteiger partial charge in [0.1, 0.15) is 12.3 Å². The zero-order chi connectivity index (χ0) is 14.8. The van der Waals surface area contributed by atoms with Gasteiger partial charge >= 0.3 is 0 Å². The lowest BCUT2D eigenvalue weighted by molar-refractivity contribution is -0.119. The molecule has 1 amide bonds. The van der Waals surface area contributed by atoms with Crippen LogP contribution in [0, 0.1) is 0 Å². The van der Waals surface area contributed by atoms with Gasteiger partial charge in [0, 0.05) is 6.04 Å². The van der Waals surface area contributed by atoms with Crippen molar-refractivity contribution in [1.29, 1.82) is 0 Å². The van der Waals surface area contributed by atoms with Crippen molar-refractivity contribution in [3.8, 4) is 5.75 Å². The van der Waals surface area contributed by atoms with Gasteiger partial charge in [-0.25, -0.2) is 8.42 Å². The number of benzene rings is 1. The number of hydrogen-bond donors (Lipinski definition) is 1. The van der Waals surface area contributed by atoms with Gasteiger partial charge in [-0.1, -0.05) is 12.1 Å². The first kappa shape index (κ1) is 14.6. The van der Waals surface area contributed by atoms with Crippen LogP contribution in [-0.2, 0) is 14.8 Å². The predicted octanol–water partition coefficient (Wildman–Crippen LogP) is 0.740. The van der Waals surface area contributed by atoms with Crippen LogP contribution in [0.2, 0.25) is 0 Å². The maximum atomic E-state index is 11.9. The van der Waals surface area contributed by atoms with E-state index in [4.69, 9.17) is 4.74 Å². The van der Waals surface area contributed by atoms with E-state index in [1.54, 1.807) is 24.3 Å². The summed E-state index contributed by atoms with van der Waals surface area (Å²) in [6.07, 6.45) is 2.99. The van der Waals surface area contributed by atoms with Gasteiger partial charge < -0.3 is 10.1 Å². The predicted molar refractivity (Wildman–Crippen MR) is 76.3 cm³/mol. The number of para-hydroxylation sites is 2. The molecule has 1 aliphatic rings. The summed E-state index contributed by atoms with van der Waals surface area (Å²) in [5.41, 5.74) is 0.364. The lowest BCUT2D eigenvalue weighted by Gasteiger charge is -2.23. The third-order valence-electron chi connectivity index (χ3n) is 2.98. The number of hydrogen-bond acceptors (Lipinski definition) is 4. The van der Waals surface area contributed by atoms with E-state index < -0.39 is 10.0 Å². The normalized spacial score (nSPS) is 14.7. The van der Waals surface area contributed by atoms with Crippen LogP contribution >= 0.6 is 0 Å². The van der Waals surface area contributed by atoms with Gasteiger partial charge in [0.2, 0.25) is 15.9 Å². The van der Waals surface area contributed by atoms with Crippen molar-refractivity contribution in [2.45, 2.75) is 18.9 Å². The third kappa shape index (κ3) is 3.63. The van der Waals surface area contributed by atoms with Crippen molar-refractivity contribution in [2.75, 3.05) is 24.2 Å². The molecule has 0 heterocycles. The molecule has 110 valence electrons. The SMILES string of the molecule is COc1ccccc1N(CC(=O)NC1CC1)S(C)(=O)=O. The summed E-state index contributed by atoms with van der Waals surface area (Å²) in [7, 11) is -2.11. The summed E-state index contributed by atoms with van der Waals surface area (Å²) in [6.45, 7) is -0.240. The van der Waals surface area contributed by atoms with Crippen molar-refractivity contribution in [2.24, 2.45) is 0 Å². The van der Waals surface area contributed by atoms with Gasteiger partial charge in [0.05, 0.1) is 19.1 Å². The Morgan fingerprint density at radius 1 is 1.40 bits per heavy atom. The fourth-order valence-electron chi connectivity index (χ4n) is 1.85. The number of rotatable bonds is 6. The molecule has 0 atom stereocenters. The topological polar surface area (TPSA) is 75.7 Å². The first-order valence-corrected chi connectivity index (χ1v) is 8.16. The highest BCUT2D eigenvalue weighted by Gasteiger charge is 2.27. The highest BCUT2D eigenvalue weighted by Crippen LogP contribution is 2.29. The Balaban J connectivity index is 2.25. The first-order valence-electron chi connectivity index (χ1n) is 6.32. The molecule has 20 heavy (non-hydrogen) atoms. The molecule has 1 saturated carbocycles. The van der Waals surface area contributed by atoms with Crippen LogP contribution in [-0.4, -0.2) is 40.3 Å². The van der Waals surface area contributed by atoms with E-state index in [9.17, 15) is 13.2 Å². The summed E-state index contributed by atoms with van der Waals surface area (Å²) in [4.78, 5) is 11.9. The minimum absolute atomic E-state index is 0.196. The number of anilines is 1. The smallest absolute Gasteiger partial charge is 0.240 e. The number of methoxy groups -OCH3 is 1. The van der Waals surface area contributed by atoms with Crippen LogP contribution in [0.3, 0.4) is 0 Å². The minimum Gasteiger partial charge on any atom is -0.495 e. The standard InChI is InChI=1S/C13H18N2O4S/c1-19-12-6-4-3-5-11(12)15(20(2,17)18)9-13(16)14-10-7-8-10/h3-6,10H,7-9H2,1-2H3,(H,14,16). The molecular formula is C13H18N2O4S. The second kappa shape index (κ2) is 5.70. The zero-order valence-corrected chi connectivity index (χ0v) is 12.3. The molecule has 2 rings (SSSR count). The highest BCUT2D eigenvalue weighted by atomic mass is 32.2. The van der Waals surface area contributed by atoms with E-state index in [2.05, 4.69) is 5.32 Å². The van der Waals surface area contributed by atoms with Crippen LogP contribution in [0.15, 0.2) is 24.3 Å². The Morgan fingerprint density at radius 3 is 2.60 bits per heavy atom. The summed E-state index contributed by atoms with van der Waals surface area (Å²) < 4.78 is 30.1. The Kier molecular flexibility index (Phi) is 4.17. The average molecular weight is 298 g/mol. The second-order valence-electron chi connectivity index (χ2n) is 4.78. The monoisotopic (exact) mass is 298 g/mol. The molecule has 0 unspecified atom stereocenters. The lowest BCUT2D eigenvalue weighted by atomic mass is 10.3. The lowest BCUT2D eigenvalue weighted by Crippen LogP contribution is -2.41. The van der Waals surface area contributed by atoms with E-state index >= 15 is 0 Å². The largest absolute Gasteiger partial charge is 0.495 e. The van der Waals surface area contributed by atoms with E-state index in [1.165, 1.54) is 7.11 Å². The number of ether oxygens (including phenoxy) is 1. The number of nitrogens with zero attached hydrogens (tertiary/aromatic N) is 1. The van der Waals surface area contributed by atoms with E-state index in [0.717, 1.165) is 23.4 Å². The van der Waals surface area contributed by atoms with Crippen LogP contribution in [0.4, 0.5) is 5.69 Å². The van der Waals surface area contributed by atoms with Crippen LogP contribution in [0.25, 0.3) is 0 Å². The summed E-state index contributed by atoms with van der Waals surface area (Å²) in [6, 6.07) is 6.92. The van der Waals surface area contributed by atoms with E-state index in [0.29, 0.717) is 11.4 Å². The van der Waals surface area contributed by atoms with Gasteiger partial charge in [0.15, 0.2) is 0 Å². The van der Waals surface area contributed by atoms with Gasteiger partial charge in [0.25, 0.3) is 0 Å². The highest BCUT2D eigenvalue weighted by molar-refractivity contribution is 7.92. The molecule has 0 aliphatic heterocycles. The molecule has 1 aromatic carbocycles. The van der Waals surface area contributed by atoms with Crippen molar-refractivity contribution < 1.29 is 17.9 Å². The Bertz CT molecular complexity index is 596. The van der Waals surface area contributed by atoms with Crippen molar-refractivity contribution in [1.82, 2.24) is 5.32 Å². The van der Waals surface area contributed by atoms with Crippen molar-refractivity contribution >= 4 is 21.6 Å². The number of amides is 1. The van der Waals surface area contributed by atoms with Gasteiger partial charge in [-0.2, -0.15) is 0 Å². The van der Waals surface area contributed by atoms with Gasteiger partial charge in [-0.05, 0) is 25.0 Å². The van der Waals surface area contributed by atoms with Crippen LogP contribution in [0.5, 0.6) is 5.75 Å². The number of carbonyl (C=O) groups is 1. The quantitative estimate of drug-likeness (QED) is 0.840. The molecule has 0 saturated heterocycles. The fourth-order valence-corrected chi connectivity index (χ4v) is 2.71. The van der Waals surface area contributed by atoms with Gasteiger partial charge in [-0.3, -0.25) is 9.10 Å². The zero-order valence-electron chi connectivity index (χ0n) is 11.5. The summed E-state index contributed by atoms with van der Waals surface area (Å²) >= 11 is 0. The molecule has 0 aromatic heterocycles. The summed E-state index contributed by atoms with van der Waals surface area (Å²) in [5.74, 6) is 0.112. The number of nitrogens with one attached hydrogen (secondary N) is 1. The van der Waals surface area contributed by atoms with Crippen molar-refractivity contribution in [3.63, 3.8) is 0 Å². The molecule has 7 heteroatoms. The molecule has 0 bridgehead atoms. The molecule has 0 radical (unpaired) electrons.